The Hall–Kier alpha value is -3.13. The zero-order valence-corrected chi connectivity index (χ0v) is 17.6. The first kappa shape index (κ1) is 23.5. The second-order valence-electron chi connectivity index (χ2n) is 8.19. The maximum Gasteiger partial charge on any atom is 0.407 e. The van der Waals surface area contributed by atoms with Crippen LogP contribution in [-0.2, 0) is 20.5 Å². The molecular formula is C21H22F3N3O5. The van der Waals surface area contributed by atoms with Crippen molar-refractivity contribution in [3.63, 3.8) is 0 Å². The highest BCUT2D eigenvalue weighted by Crippen LogP contribution is 2.49. The largest absolute Gasteiger partial charge is 0.443 e. The summed E-state index contributed by atoms with van der Waals surface area (Å²) in [4.78, 5) is 41.7. The SMILES string of the molecule is [C-]#[N+]c1ccc(N2C(=O)[C@@H]3C(C)C[C@H](OC(=O)NCC)C(C)(O)[C@@H]3C2=O)cc1C(F)(F)F. The monoisotopic (exact) mass is 453 g/mol. The Morgan fingerprint density at radius 3 is 2.59 bits per heavy atom. The number of aliphatic hydroxyl groups is 1. The van der Waals surface area contributed by atoms with Crippen LogP contribution in [0, 0.1) is 24.3 Å². The van der Waals surface area contributed by atoms with Crippen LogP contribution in [0.2, 0.25) is 0 Å². The Balaban J connectivity index is 2.01. The molecule has 8 nitrogen and oxygen atoms in total. The fourth-order valence-electron chi connectivity index (χ4n) is 4.53. The van der Waals surface area contributed by atoms with E-state index in [0.29, 0.717) is 11.0 Å². The number of benzene rings is 1. The first-order valence-corrected chi connectivity index (χ1v) is 9.97. The van der Waals surface area contributed by atoms with Crippen molar-refractivity contribution >= 4 is 29.3 Å². The molecule has 0 spiro atoms. The number of nitrogens with zero attached hydrogens (tertiary/aromatic N) is 2. The van der Waals surface area contributed by atoms with Crippen molar-refractivity contribution in [1.29, 1.82) is 0 Å². The summed E-state index contributed by atoms with van der Waals surface area (Å²) in [6, 6.07) is 2.58. The summed E-state index contributed by atoms with van der Waals surface area (Å²) in [5.41, 5.74) is -4.18. The maximum absolute atomic E-state index is 13.4. The predicted molar refractivity (Wildman–Crippen MR) is 106 cm³/mol. The summed E-state index contributed by atoms with van der Waals surface area (Å²) < 4.78 is 45.4. The third-order valence-corrected chi connectivity index (χ3v) is 6.07. The molecule has 2 fully saturated rings. The van der Waals surface area contributed by atoms with E-state index in [-0.39, 0.29) is 18.7 Å². The molecule has 2 N–H and O–H groups in total. The molecule has 11 heteroatoms. The van der Waals surface area contributed by atoms with Crippen molar-refractivity contribution in [3.8, 4) is 0 Å². The Morgan fingerprint density at radius 2 is 2.03 bits per heavy atom. The van der Waals surface area contributed by atoms with Gasteiger partial charge >= 0.3 is 12.3 Å². The molecule has 5 atom stereocenters. The van der Waals surface area contributed by atoms with Gasteiger partial charge in [-0.2, -0.15) is 13.2 Å². The summed E-state index contributed by atoms with van der Waals surface area (Å²) in [5.74, 6) is -4.43. The fraction of sp³-hybridized carbons (Fsp3) is 0.524. The number of amides is 3. The van der Waals surface area contributed by atoms with E-state index < -0.39 is 64.8 Å². The molecule has 0 radical (unpaired) electrons. The van der Waals surface area contributed by atoms with Gasteiger partial charge in [-0.1, -0.05) is 13.0 Å². The minimum absolute atomic E-state index is 0.0859. The van der Waals surface area contributed by atoms with E-state index in [0.717, 1.165) is 12.1 Å². The maximum atomic E-state index is 13.4. The number of halogens is 3. The lowest BCUT2D eigenvalue weighted by Crippen LogP contribution is -2.58. The molecule has 32 heavy (non-hydrogen) atoms. The van der Waals surface area contributed by atoms with E-state index in [4.69, 9.17) is 11.3 Å². The molecule has 3 amide bonds. The lowest BCUT2D eigenvalue weighted by Gasteiger charge is -2.44. The van der Waals surface area contributed by atoms with Crippen LogP contribution in [0.15, 0.2) is 18.2 Å². The van der Waals surface area contributed by atoms with Gasteiger partial charge in [0.05, 0.1) is 24.0 Å². The smallest absolute Gasteiger partial charge is 0.407 e. The van der Waals surface area contributed by atoms with Gasteiger partial charge in [0.15, 0.2) is 5.69 Å². The summed E-state index contributed by atoms with van der Waals surface area (Å²) in [6.07, 6.45) is -6.67. The van der Waals surface area contributed by atoms with Gasteiger partial charge in [-0.3, -0.25) is 14.5 Å². The van der Waals surface area contributed by atoms with Crippen molar-refractivity contribution in [2.45, 2.75) is 45.1 Å². The topological polar surface area (TPSA) is 100 Å². The highest BCUT2D eigenvalue weighted by molar-refractivity contribution is 6.22. The van der Waals surface area contributed by atoms with Crippen LogP contribution < -0.4 is 10.2 Å². The van der Waals surface area contributed by atoms with E-state index >= 15 is 0 Å². The lowest BCUT2D eigenvalue weighted by atomic mass is 9.65. The molecule has 3 rings (SSSR count). The molecule has 1 aliphatic carbocycles. The third kappa shape index (κ3) is 3.79. The van der Waals surface area contributed by atoms with Crippen molar-refractivity contribution in [1.82, 2.24) is 5.32 Å². The Labute approximate surface area is 182 Å². The van der Waals surface area contributed by atoms with Gasteiger partial charge in [0.2, 0.25) is 11.8 Å². The van der Waals surface area contributed by atoms with E-state index in [2.05, 4.69) is 10.2 Å². The third-order valence-electron chi connectivity index (χ3n) is 6.07. The van der Waals surface area contributed by atoms with Crippen molar-refractivity contribution in [2.75, 3.05) is 11.4 Å². The molecule has 1 aromatic carbocycles. The highest BCUT2D eigenvalue weighted by Gasteiger charge is 2.63. The quantitative estimate of drug-likeness (QED) is 0.541. The molecule has 2 aliphatic rings. The molecule has 1 saturated carbocycles. The average molecular weight is 453 g/mol. The zero-order chi connectivity index (χ0) is 24.0. The van der Waals surface area contributed by atoms with Crippen molar-refractivity contribution in [3.05, 3.63) is 35.2 Å². The van der Waals surface area contributed by atoms with Crippen LogP contribution >= 0.6 is 0 Å². The van der Waals surface area contributed by atoms with Gasteiger partial charge in [-0.25, -0.2) is 9.64 Å². The van der Waals surface area contributed by atoms with Crippen LogP contribution in [0.4, 0.5) is 29.3 Å². The molecule has 2 unspecified atom stereocenters. The molecule has 0 bridgehead atoms. The predicted octanol–water partition coefficient (Wildman–Crippen LogP) is 3.27. The normalized spacial score (nSPS) is 30.0. The number of alkyl halides is 3. The molecular weight excluding hydrogens is 431 g/mol. The standard InChI is InChI=1S/C21H22F3N3O5/c1-5-26-19(30)32-14-8-10(2)15-16(20(14,3)31)18(29)27(17(15)28)11-6-7-13(25-4)12(9-11)21(22,23)24/h6-7,9-10,14-16,31H,5,8H2,1-3H3,(H,26,30)/t10?,14-,15+,16-,20?/m0/s1. The van der Waals surface area contributed by atoms with E-state index in [1.165, 1.54) is 6.92 Å². The summed E-state index contributed by atoms with van der Waals surface area (Å²) in [5, 5.41) is 13.6. The van der Waals surface area contributed by atoms with Crippen LogP contribution in [0.5, 0.6) is 0 Å². The van der Waals surface area contributed by atoms with E-state index in [1.54, 1.807) is 13.8 Å². The van der Waals surface area contributed by atoms with Crippen molar-refractivity contribution in [2.24, 2.45) is 17.8 Å². The number of alkyl carbamates (subject to hydrolysis) is 1. The molecule has 0 aromatic heterocycles. The van der Waals surface area contributed by atoms with Crippen LogP contribution in [0.3, 0.4) is 0 Å². The number of imide groups is 1. The van der Waals surface area contributed by atoms with Gasteiger partial charge in [0.25, 0.3) is 0 Å². The average Bonchev–Trinajstić information content (AvgIpc) is 2.97. The van der Waals surface area contributed by atoms with Gasteiger partial charge < -0.3 is 15.2 Å². The second kappa shape index (κ2) is 8.09. The number of hydrogen-bond donors (Lipinski definition) is 2. The molecule has 1 aromatic rings. The molecule has 1 saturated heterocycles. The number of nitrogens with one attached hydrogen (secondary N) is 1. The van der Waals surface area contributed by atoms with E-state index in [1.807, 2.05) is 0 Å². The molecule has 1 aliphatic heterocycles. The fourth-order valence-corrected chi connectivity index (χ4v) is 4.53. The van der Waals surface area contributed by atoms with Gasteiger partial charge in [0.1, 0.15) is 11.7 Å². The van der Waals surface area contributed by atoms with Gasteiger partial charge in [0, 0.05) is 12.2 Å². The summed E-state index contributed by atoms with van der Waals surface area (Å²) in [7, 11) is 0. The highest BCUT2D eigenvalue weighted by atomic mass is 19.4. The number of fused-ring (bicyclic) bond motifs is 1. The molecule has 1 heterocycles. The van der Waals surface area contributed by atoms with Crippen LogP contribution in [-0.4, -0.2) is 41.3 Å². The number of rotatable bonds is 3. The van der Waals surface area contributed by atoms with E-state index in [9.17, 15) is 32.7 Å². The summed E-state index contributed by atoms with van der Waals surface area (Å²) >= 11 is 0. The van der Waals surface area contributed by atoms with Crippen molar-refractivity contribution < 1.29 is 37.4 Å². The minimum atomic E-state index is -4.86. The van der Waals surface area contributed by atoms with Gasteiger partial charge in [-0.05, 0) is 38.3 Å². The Morgan fingerprint density at radius 1 is 1.38 bits per heavy atom. The Bertz CT molecular complexity index is 1000. The second-order valence-corrected chi connectivity index (χ2v) is 8.19. The first-order valence-electron chi connectivity index (χ1n) is 9.97. The lowest BCUT2D eigenvalue weighted by molar-refractivity contribution is -0.165. The number of ether oxygens (including phenoxy) is 1. The Kier molecular flexibility index (Phi) is 5.95. The summed E-state index contributed by atoms with van der Waals surface area (Å²) in [6.45, 7) is 11.8. The van der Waals surface area contributed by atoms with Crippen LogP contribution in [0.1, 0.15) is 32.8 Å². The zero-order valence-electron chi connectivity index (χ0n) is 17.6. The van der Waals surface area contributed by atoms with Gasteiger partial charge in [-0.15, -0.1) is 0 Å². The molecule has 172 valence electrons. The first-order chi connectivity index (χ1) is 14.8. The van der Waals surface area contributed by atoms with Crippen LogP contribution in [0.25, 0.3) is 4.85 Å². The number of hydrogen-bond acceptors (Lipinski definition) is 5. The number of carbonyl (C=O) groups excluding carboxylic acids is 3. The number of carbonyl (C=O) groups is 3. The minimum Gasteiger partial charge on any atom is -0.443 e. The number of anilines is 1.